The number of nitrogens with one attached hydrogen (secondary N) is 1. The number of amides is 1. The van der Waals surface area contributed by atoms with Gasteiger partial charge in [0.2, 0.25) is 0 Å². The van der Waals surface area contributed by atoms with Crippen LogP contribution >= 0.6 is 0 Å². The average molecular weight is 383 g/mol. The lowest BCUT2D eigenvalue weighted by Gasteiger charge is -2.20. The van der Waals surface area contributed by atoms with Gasteiger partial charge in [0.1, 0.15) is 0 Å². The second kappa shape index (κ2) is 7.78. The summed E-state index contributed by atoms with van der Waals surface area (Å²) in [5.74, 6) is -0.280. The van der Waals surface area contributed by atoms with Gasteiger partial charge < -0.3 is 10.4 Å². The molecule has 0 aliphatic heterocycles. The van der Waals surface area contributed by atoms with Crippen molar-refractivity contribution in [1.29, 1.82) is 0 Å². The minimum absolute atomic E-state index is 0.0472. The quantitative estimate of drug-likeness (QED) is 0.728. The third-order valence-corrected chi connectivity index (χ3v) is 6.12. The second-order valence-corrected chi connectivity index (χ2v) is 8.20. The van der Waals surface area contributed by atoms with E-state index in [1.54, 1.807) is 0 Å². The Kier molecular flexibility index (Phi) is 5.59. The van der Waals surface area contributed by atoms with Gasteiger partial charge in [0, 0.05) is 24.2 Å². The Morgan fingerprint density at radius 1 is 1.21 bits per heavy atom. The Morgan fingerprint density at radius 2 is 1.86 bits per heavy atom. The number of carboxylic acid groups (broad SMARTS) is 1. The minimum atomic E-state index is -0.813. The lowest BCUT2D eigenvalue weighted by atomic mass is 9.92. The van der Waals surface area contributed by atoms with Crippen LogP contribution in [0.4, 0.5) is 0 Å². The third-order valence-electron chi connectivity index (χ3n) is 6.12. The van der Waals surface area contributed by atoms with Crippen LogP contribution in [0.3, 0.4) is 0 Å². The first kappa shape index (κ1) is 20.1. The third kappa shape index (κ3) is 4.11. The summed E-state index contributed by atoms with van der Waals surface area (Å²) < 4.78 is 1.81. The van der Waals surface area contributed by atoms with Crippen LogP contribution in [0.25, 0.3) is 5.69 Å². The molecule has 2 N–H and O–H groups in total. The molecule has 0 saturated heterocycles. The van der Waals surface area contributed by atoms with Crippen LogP contribution in [0, 0.1) is 25.2 Å². The van der Waals surface area contributed by atoms with Crippen molar-refractivity contribution in [2.75, 3.05) is 6.54 Å². The molecular weight excluding hydrogens is 354 g/mol. The van der Waals surface area contributed by atoms with Gasteiger partial charge >= 0.3 is 5.97 Å². The van der Waals surface area contributed by atoms with Crippen molar-refractivity contribution in [3.63, 3.8) is 0 Å². The molecule has 150 valence electrons. The van der Waals surface area contributed by atoms with Crippen LogP contribution in [-0.2, 0) is 11.2 Å². The van der Waals surface area contributed by atoms with E-state index in [2.05, 4.69) is 24.3 Å². The second-order valence-electron chi connectivity index (χ2n) is 8.20. The molecule has 2 aromatic rings. The predicted molar refractivity (Wildman–Crippen MR) is 108 cm³/mol. The van der Waals surface area contributed by atoms with E-state index >= 15 is 0 Å². The van der Waals surface area contributed by atoms with Crippen LogP contribution in [-0.4, -0.2) is 33.3 Å². The van der Waals surface area contributed by atoms with Gasteiger partial charge in [-0.25, -0.2) is 4.68 Å². The molecule has 1 aliphatic rings. The zero-order valence-electron chi connectivity index (χ0n) is 17.1. The zero-order valence-corrected chi connectivity index (χ0v) is 17.1. The first-order chi connectivity index (χ1) is 13.2. The van der Waals surface area contributed by atoms with Crippen molar-refractivity contribution >= 4 is 11.9 Å². The fourth-order valence-electron chi connectivity index (χ4n) is 3.75. The molecule has 3 rings (SSSR count). The summed E-state index contributed by atoms with van der Waals surface area (Å²) in [7, 11) is 0. The highest BCUT2D eigenvalue weighted by molar-refractivity contribution is 5.94. The Balaban J connectivity index is 1.70. The Bertz CT molecular complexity index is 877. The van der Waals surface area contributed by atoms with Crippen LogP contribution in [0.5, 0.6) is 0 Å². The summed E-state index contributed by atoms with van der Waals surface area (Å²) in [6.45, 7) is 9.00. The van der Waals surface area contributed by atoms with Gasteiger partial charge in [0.15, 0.2) is 0 Å². The lowest BCUT2D eigenvalue weighted by molar-refractivity contribution is -0.136. The van der Waals surface area contributed by atoms with Gasteiger partial charge in [-0.2, -0.15) is 5.10 Å². The Labute approximate surface area is 166 Å². The maximum absolute atomic E-state index is 12.5. The molecule has 6 nitrogen and oxygen atoms in total. The molecule has 0 spiro atoms. The predicted octanol–water partition coefficient (Wildman–Crippen LogP) is 3.67. The molecule has 1 heterocycles. The monoisotopic (exact) mass is 383 g/mol. The molecule has 0 bridgehead atoms. The number of carbonyl (C=O) groups excluding carboxylic acids is 1. The fourth-order valence-corrected chi connectivity index (χ4v) is 3.75. The molecule has 0 radical (unpaired) electrons. The number of carbonyl (C=O) groups is 2. The molecule has 6 heteroatoms. The summed E-state index contributed by atoms with van der Waals surface area (Å²) in [4.78, 5) is 23.3. The number of aryl methyl sites for hydroxylation is 1. The summed E-state index contributed by atoms with van der Waals surface area (Å²) in [5.41, 5.74) is 4.52. The van der Waals surface area contributed by atoms with Gasteiger partial charge in [-0.3, -0.25) is 9.59 Å². The van der Waals surface area contributed by atoms with E-state index < -0.39 is 5.97 Å². The minimum Gasteiger partial charge on any atom is -0.481 e. The van der Waals surface area contributed by atoms with Gasteiger partial charge in [-0.1, -0.05) is 13.8 Å². The number of rotatable bonds is 8. The van der Waals surface area contributed by atoms with E-state index in [9.17, 15) is 9.59 Å². The standard InChI is InChI=1S/C22H29N3O3/c1-14(2)22(11-12-22)13-23-21(28)17-5-7-18(8-6-17)25-16(4)19(15(3)24-25)9-10-20(26)27/h5-8,14H,9-13H2,1-4H3,(H,23,28)(H,26,27). The normalized spacial score (nSPS) is 14.9. The zero-order chi connectivity index (χ0) is 20.5. The number of hydrogen-bond donors (Lipinski definition) is 2. The van der Waals surface area contributed by atoms with Gasteiger partial charge in [-0.15, -0.1) is 0 Å². The highest BCUT2D eigenvalue weighted by atomic mass is 16.4. The molecule has 1 fully saturated rings. The molecule has 28 heavy (non-hydrogen) atoms. The lowest BCUT2D eigenvalue weighted by Crippen LogP contribution is -2.32. The average Bonchev–Trinajstić information content (AvgIpc) is 3.40. The van der Waals surface area contributed by atoms with Crippen molar-refractivity contribution in [2.45, 2.75) is 53.4 Å². The van der Waals surface area contributed by atoms with Crippen LogP contribution in [0.1, 0.15) is 60.4 Å². The van der Waals surface area contributed by atoms with E-state index in [-0.39, 0.29) is 17.7 Å². The molecule has 1 aliphatic carbocycles. The van der Waals surface area contributed by atoms with E-state index in [4.69, 9.17) is 5.11 Å². The van der Waals surface area contributed by atoms with Crippen molar-refractivity contribution in [3.05, 3.63) is 46.8 Å². The van der Waals surface area contributed by atoms with Crippen LogP contribution in [0.2, 0.25) is 0 Å². The first-order valence-corrected chi connectivity index (χ1v) is 9.89. The molecule has 0 unspecified atom stereocenters. The maximum Gasteiger partial charge on any atom is 0.303 e. The molecule has 1 aromatic carbocycles. The molecule has 1 aromatic heterocycles. The maximum atomic E-state index is 12.5. The molecule has 0 atom stereocenters. The van der Waals surface area contributed by atoms with E-state index in [1.807, 2.05) is 42.8 Å². The fraction of sp³-hybridized carbons (Fsp3) is 0.500. The topological polar surface area (TPSA) is 84.2 Å². The molecular formula is C22H29N3O3. The van der Waals surface area contributed by atoms with Crippen molar-refractivity contribution < 1.29 is 14.7 Å². The summed E-state index contributed by atoms with van der Waals surface area (Å²) in [5, 5.41) is 16.6. The van der Waals surface area contributed by atoms with Crippen LogP contribution < -0.4 is 5.32 Å². The van der Waals surface area contributed by atoms with E-state index in [0.717, 1.165) is 29.2 Å². The number of carboxylic acids is 1. The van der Waals surface area contributed by atoms with Crippen molar-refractivity contribution in [3.8, 4) is 5.69 Å². The molecule has 1 amide bonds. The van der Waals surface area contributed by atoms with E-state index in [1.165, 1.54) is 12.8 Å². The smallest absolute Gasteiger partial charge is 0.303 e. The summed E-state index contributed by atoms with van der Waals surface area (Å²) in [6.07, 6.45) is 2.92. The van der Waals surface area contributed by atoms with Crippen molar-refractivity contribution in [1.82, 2.24) is 15.1 Å². The van der Waals surface area contributed by atoms with Gasteiger partial charge in [0.25, 0.3) is 5.91 Å². The highest BCUT2D eigenvalue weighted by Gasteiger charge is 2.45. The largest absolute Gasteiger partial charge is 0.481 e. The number of hydrogen-bond acceptors (Lipinski definition) is 3. The SMILES string of the molecule is Cc1nn(-c2ccc(C(=O)NCC3(C(C)C)CC3)cc2)c(C)c1CCC(=O)O. The first-order valence-electron chi connectivity index (χ1n) is 9.89. The van der Waals surface area contributed by atoms with Crippen molar-refractivity contribution in [2.24, 2.45) is 11.3 Å². The van der Waals surface area contributed by atoms with Crippen LogP contribution in [0.15, 0.2) is 24.3 Å². The van der Waals surface area contributed by atoms with Gasteiger partial charge in [0.05, 0.1) is 11.4 Å². The Hall–Kier alpha value is -2.63. The molecule has 1 saturated carbocycles. The van der Waals surface area contributed by atoms with Gasteiger partial charge in [-0.05, 0) is 74.3 Å². The highest BCUT2D eigenvalue weighted by Crippen LogP contribution is 2.51. The summed E-state index contributed by atoms with van der Waals surface area (Å²) >= 11 is 0. The number of benzene rings is 1. The Morgan fingerprint density at radius 3 is 2.39 bits per heavy atom. The summed E-state index contributed by atoms with van der Waals surface area (Å²) in [6, 6.07) is 7.38. The van der Waals surface area contributed by atoms with E-state index in [0.29, 0.717) is 17.9 Å². The number of aliphatic carboxylic acids is 1. The number of aromatic nitrogens is 2. The number of nitrogens with zero attached hydrogens (tertiary/aromatic N) is 2.